The molecule has 0 heterocycles. The average Bonchev–Trinajstić information content (AvgIpc) is 2.61. The van der Waals surface area contributed by atoms with E-state index in [1.807, 2.05) is 31.2 Å². The molecule has 2 aromatic carbocycles. The number of carbonyl (C=O) groups excluding carboxylic acids is 2. The van der Waals surface area contributed by atoms with Gasteiger partial charge in [0.05, 0.1) is 19.6 Å². The summed E-state index contributed by atoms with van der Waals surface area (Å²) in [6.07, 6.45) is 0.210. The molecule has 0 saturated heterocycles. The summed E-state index contributed by atoms with van der Waals surface area (Å²) in [4.78, 5) is 23.2. The maximum absolute atomic E-state index is 12.0. The fourth-order valence-corrected chi connectivity index (χ4v) is 2.47. The minimum Gasteiger partial charge on any atom is -0.484 e. The zero-order chi connectivity index (χ0) is 18.2. The Morgan fingerprint density at radius 1 is 1.08 bits per heavy atom. The van der Waals surface area contributed by atoms with Crippen molar-refractivity contribution in [2.45, 2.75) is 19.4 Å². The van der Waals surface area contributed by atoms with Gasteiger partial charge in [0.15, 0.2) is 6.61 Å². The third-order valence-corrected chi connectivity index (χ3v) is 4.15. The zero-order valence-electron chi connectivity index (χ0n) is 14.1. The summed E-state index contributed by atoms with van der Waals surface area (Å²) in [5.41, 5.74) is 1.84. The van der Waals surface area contributed by atoms with Gasteiger partial charge in [-0.15, -0.1) is 0 Å². The number of ether oxygens (including phenoxy) is 2. The molecule has 1 N–H and O–H groups in total. The summed E-state index contributed by atoms with van der Waals surface area (Å²) >= 11 is 3.39. The minimum absolute atomic E-state index is 0.0722. The molecule has 0 fully saturated rings. The van der Waals surface area contributed by atoms with Crippen molar-refractivity contribution in [3.63, 3.8) is 0 Å². The Balaban J connectivity index is 1.81. The highest BCUT2D eigenvalue weighted by atomic mass is 79.9. The Morgan fingerprint density at radius 3 is 2.32 bits per heavy atom. The van der Waals surface area contributed by atoms with Crippen LogP contribution in [0.1, 0.15) is 24.1 Å². The first-order valence-corrected chi connectivity index (χ1v) is 8.60. The second-order valence-corrected chi connectivity index (χ2v) is 6.44. The fourth-order valence-electron chi connectivity index (χ4n) is 2.21. The second kappa shape index (κ2) is 9.22. The van der Waals surface area contributed by atoms with Gasteiger partial charge in [0.2, 0.25) is 0 Å². The minimum atomic E-state index is -0.296. The fraction of sp³-hybridized carbons (Fsp3) is 0.263. The van der Waals surface area contributed by atoms with E-state index in [-0.39, 0.29) is 30.9 Å². The van der Waals surface area contributed by atoms with Gasteiger partial charge in [0, 0.05) is 4.47 Å². The van der Waals surface area contributed by atoms with E-state index < -0.39 is 0 Å². The van der Waals surface area contributed by atoms with Crippen LogP contribution in [0, 0.1) is 0 Å². The molecule has 132 valence electrons. The van der Waals surface area contributed by atoms with E-state index >= 15 is 0 Å². The lowest BCUT2D eigenvalue weighted by Gasteiger charge is -2.15. The first-order valence-electron chi connectivity index (χ1n) is 7.81. The molecule has 0 spiro atoms. The van der Waals surface area contributed by atoms with Gasteiger partial charge in [-0.3, -0.25) is 9.59 Å². The number of nitrogens with one attached hydrogen (secondary N) is 1. The number of rotatable bonds is 7. The SMILES string of the molecule is COC(=O)Cc1ccc(OCC(=O)NC(C)c2ccc(Br)cc2)cc1. The molecule has 0 aliphatic carbocycles. The second-order valence-electron chi connectivity index (χ2n) is 5.53. The van der Waals surface area contributed by atoms with Crippen molar-refractivity contribution >= 4 is 27.8 Å². The van der Waals surface area contributed by atoms with Crippen molar-refractivity contribution in [1.29, 1.82) is 0 Å². The molecule has 5 nitrogen and oxygen atoms in total. The average molecular weight is 406 g/mol. The van der Waals surface area contributed by atoms with Crippen LogP contribution in [0.25, 0.3) is 0 Å². The number of esters is 1. The summed E-state index contributed by atoms with van der Waals surface area (Å²) in [5.74, 6) is 0.0732. The summed E-state index contributed by atoms with van der Waals surface area (Å²) < 4.78 is 11.1. The van der Waals surface area contributed by atoms with Crippen molar-refractivity contribution in [2.75, 3.05) is 13.7 Å². The largest absolute Gasteiger partial charge is 0.484 e. The lowest BCUT2D eigenvalue weighted by molar-refractivity contribution is -0.139. The molecule has 1 unspecified atom stereocenters. The number of carbonyl (C=O) groups is 2. The molecule has 1 amide bonds. The highest BCUT2D eigenvalue weighted by Crippen LogP contribution is 2.17. The lowest BCUT2D eigenvalue weighted by Crippen LogP contribution is -2.31. The Labute approximate surface area is 155 Å². The van der Waals surface area contributed by atoms with E-state index in [0.29, 0.717) is 5.75 Å². The van der Waals surface area contributed by atoms with Gasteiger partial charge in [0.1, 0.15) is 5.75 Å². The van der Waals surface area contributed by atoms with Crippen LogP contribution in [0.15, 0.2) is 53.0 Å². The van der Waals surface area contributed by atoms with Gasteiger partial charge in [-0.2, -0.15) is 0 Å². The molecular formula is C19H20BrNO4. The maximum Gasteiger partial charge on any atom is 0.309 e. The Morgan fingerprint density at radius 2 is 1.72 bits per heavy atom. The molecule has 25 heavy (non-hydrogen) atoms. The predicted molar refractivity (Wildman–Crippen MR) is 98.4 cm³/mol. The molecule has 0 aliphatic rings. The lowest BCUT2D eigenvalue weighted by atomic mass is 10.1. The molecule has 0 bridgehead atoms. The van der Waals surface area contributed by atoms with E-state index in [2.05, 4.69) is 26.0 Å². The van der Waals surface area contributed by atoms with E-state index in [1.54, 1.807) is 24.3 Å². The quantitative estimate of drug-likeness (QED) is 0.716. The van der Waals surface area contributed by atoms with Crippen molar-refractivity contribution in [3.8, 4) is 5.75 Å². The van der Waals surface area contributed by atoms with Crippen LogP contribution in [0.4, 0.5) is 0 Å². The van der Waals surface area contributed by atoms with Gasteiger partial charge >= 0.3 is 5.97 Å². The molecule has 6 heteroatoms. The third-order valence-electron chi connectivity index (χ3n) is 3.62. The summed E-state index contributed by atoms with van der Waals surface area (Å²) in [6, 6.07) is 14.7. The van der Waals surface area contributed by atoms with E-state index in [4.69, 9.17) is 4.74 Å². The summed E-state index contributed by atoms with van der Waals surface area (Å²) in [5, 5.41) is 2.89. The Hall–Kier alpha value is -2.34. The molecule has 2 rings (SSSR count). The first kappa shape index (κ1) is 19.0. The highest BCUT2D eigenvalue weighted by Gasteiger charge is 2.10. The summed E-state index contributed by atoms with van der Waals surface area (Å²) in [6.45, 7) is 1.85. The van der Waals surface area contributed by atoms with Gasteiger partial charge in [0.25, 0.3) is 5.91 Å². The van der Waals surface area contributed by atoms with Crippen LogP contribution in [0.2, 0.25) is 0 Å². The molecule has 0 aromatic heterocycles. The van der Waals surface area contributed by atoms with Gasteiger partial charge < -0.3 is 14.8 Å². The highest BCUT2D eigenvalue weighted by molar-refractivity contribution is 9.10. The summed E-state index contributed by atoms with van der Waals surface area (Å²) in [7, 11) is 1.35. The molecular weight excluding hydrogens is 386 g/mol. The smallest absolute Gasteiger partial charge is 0.309 e. The Bertz CT molecular complexity index is 713. The van der Waals surface area contributed by atoms with Crippen molar-refractivity contribution < 1.29 is 19.1 Å². The van der Waals surface area contributed by atoms with Crippen LogP contribution < -0.4 is 10.1 Å². The first-order chi connectivity index (χ1) is 12.0. The number of benzene rings is 2. The molecule has 1 atom stereocenters. The molecule has 0 aliphatic heterocycles. The monoisotopic (exact) mass is 405 g/mol. The topological polar surface area (TPSA) is 64.6 Å². The number of amides is 1. The van der Waals surface area contributed by atoms with Crippen LogP contribution in [0.3, 0.4) is 0 Å². The van der Waals surface area contributed by atoms with Crippen molar-refractivity contribution in [1.82, 2.24) is 5.32 Å². The standard InChI is InChI=1S/C19H20BrNO4/c1-13(15-5-7-16(20)8-6-15)21-18(22)12-25-17-9-3-14(4-10-17)11-19(23)24-2/h3-10,13H,11-12H2,1-2H3,(H,21,22). The van der Waals surface area contributed by atoms with Crippen LogP contribution in [-0.2, 0) is 20.7 Å². The van der Waals surface area contributed by atoms with E-state index in [9.17, 15) is 9.59 Å². The predicted octanol–water partition coefficient (Wildman–Crippen LogP) is 3.42. The van der Waals surface area contributed by atoms with Crippen LogP contribution in [-0.4, -0.2) is 25.6 Å². The number of halogens is 1. The van der Waals surface area contributed by atoms with Gasteiger partial charge in [-0.05, 0) is 42.3 Å². The number of hydrogen-bond acceptors (Lipinski definition) is 4. The zero-order valence-corrected chi connectivity index (χ0v) is 15.7. The third kappa shape index (κ3) is 6.23. The molecule has 0 saturated carbocycles. The van der Waals surface area contributed by atoms with Crippen molar-refractivity contribution in [3.05, 3.63) is 64.1 Å². The van der Waals surface area contributed by atoms with E-state index in [1.165, 1.54) is 7.11 Å². The maximum atomic E-state index is 12.0. The normalized spacial score (nSPS) is 11.5. The van der Waals surface area contributed by atoms with Crippen LogP contribution >= 0.6 is 15.9 Å². The van der Waals surface area contributed by atoms with Crippen molar-refractivity contribution in [2.24, 2.45) is 0 Å². The van der Waals surface area contributed by atoms with Gasteiger partial charge in [-0.1, -0.05) is 40.2 Å². The van der Waals surface area contributed by atoms with E-state index in [0.717, 1.165) is 15.6 Å². The number of hydrogen-bond donors (Lipinski definition) is 1. The number of methoxy groups -OCH3 is 1. The van der Waals surface area contributed by atoms with Gasteiger partial charge in [-0.25, -0.2) is 0 Å². The molecule has 0 radical (unpaired) electrons. The van der Waals surface area contributed by atoms with Crippen LogP contribution in [0.5, 0.6) is 5.75 Å². The molecule has 2 aromatic rings. The Kier molecular flexibility index (Phi) is 7.01.